The van der Waals surface area contributed by atoms with Crippen LogP contribution in [0, 0.1) is 0 Å². The lowest BCUT2D eigenvalue weighted by atomic mass is 10.0. The van der Waals surface area contributed by atoms with Gasteiger partial charge in [-0.25, -0.2) is 4.98 Å². The monoisotopic (exact) mass is 393 g/mol. The summed E-state index contributed by atoms with van der Waals surface area (Å²) in [6.45, 7) is 6.26. The summed E-state index contributed by atoms with van der Waals surface area (Å²) in [6.07, 6.45) is 1.75. The van der Waals surface area contributed by atoms with E-state index in [-0.39, 0.29) is 17.9 Å². The van der Waals surface area contributed by atoms with E-state index in [1.54, 1.807) is 18.0 Å². The van der Waals surface area contributed by atoms with Crippen LogP contribution in [0.15, 0.2) is 48.7 Å². The number of benzene rings is 1. The van der Waals surface area contributed by atoms with Crippen LogP contribution >= 0.6 is 0 Å². The summed E-state index contributed by atoms with van der Waals surface area (Å²) < 4.78 is 0. The van der Waals surface area contributed by atoms with Gasteiger partial charge in [0.1, 0.15) is 5.82 Å². The van der Waals surface area contributed by atoms with Crippen LogP contribution in [-0.4, -0.2) is 72.4 Å². The Kier molecular flexibility index (Phi) is 5.76. The average Bonchev–Trinajstić information content (AvgIpc) is 2.79. The molecule has 2 aliphatic rings. The minimum Gasteiger partial charge on any atom is -0.353 e. The van der Waals surface area contributed by atoms with Gasteiger partial charge in [-0.3, -0.25) is 9.59 Å². The molecule has 152 valence electrons. The number of aromatic nitrogens is 1. The number of piperazine rings is 2. The lowest BCUT2D eigenvalue weighted by Crippen LogP contribution is -2.50. The quantitative estimate of drug-likeness (QED) is 0.857. The fraction of sp³-hybridized carbons (Fsp3) is 0.409. The Balaban J connectivity index is 1.51. The molecule has 2 amide bonds. The van der Waals surface area contributed by atoms with Crippen molar-refractivity contribution in [3.63, 3.8) is 0 Å². The minimum absolute atomic E-state index is 0.00824. The van der Waals surface area contributed by atoms with Gasteiger partial charge in [0.05, 0.1) is 5.56 Å². The molecule has 7 heteroatoms. The number of amides is 2. The number of hydrogen-bond donors (Lipinski definition) is 1. The van der Waals surface area contributed by atoms with Crippen molar-refractivity contribution in [2.24, 2.45) is 0 Å². The van der Waals surface area contributed by atoms with Crippen LogP contribution in [-0.2, 0) is 4.79 Å². The summed E-state index contributed by atoms with van der Waals surface area (Å²) in [5, 5.41) is 3.56. The van der Waals surface area contributed by atoms with Gasteiger partial charge in [0, 0.05) is 65.0 Å². The molecular formula is C22H27N5O2. The largest absolute Gasteiger partial charge is 0.353 e. The third kappa shape index (κ3) is 4.24. The zero-order valence-electron chi connectivity index (χ0n) is 16.8. The van der Waals surface area contributed by atoms with Crippen LogP contribution in [0.5, 0.6) is 0 Å². The van der Waals surface area contributed by atoms with Crippen LogP contribution in [0.3, 0.4) is 0 Å². The van der Waals surface area contributed by atoms with E-state index in [9.17, 15) is 9.59 Å². The second-order valence-corrected chi connectivity index (χ2v) is 7.54. The van der Waals surface area contributed by atoms with Crippen molar-refractivity contribution >= 4 is 17.6 Å². The molecule has 1 aromatic carbocycles. The minimum atomic E-state index is -0.00824. The molecule has 0 aliphatic carbocycles. The lowest BCUT2D eigenvalue weighted by molar-refractivity contribution is -0.130. The van der Waals surface area contributed by atoms with E-state index in [0.717, 1.165) is 25.5 Å². The predicted octanol–water partition coefficient (Wildman–Crippen LogP) is 1.54. The molecule has 1 aromatic heterocycles. The number of pyridine rings is 1. The third-order valence-corrected chi connectivity index (χ3v) is 5.71. The number of hydrogen-bond acceptors (Lipinski definition) is 5. The molecule has 4 rings (SSSR count). The van der Waals surface area contributed by atoms with E-state index in [0.29, 0.717) is 31.7 Å². The van der Waals surface area contributed by atoms with Gasteiger partial charge < -0.3 is 20.0 Å². The van der Waals surface area contributed by atoms with Crippen LogP contribution in [0.1, 0.15) is 28.9 Å². The van der Waals surface area contributed by atoms with Crippen LogP contribution < -0.4 is 10.2 Å². The molecule has 29 heavy (non-hydrogen) atoms. The SMILES string of the molecule is CC(=O)N1CCN(C(=O)c2cccnc2N2CCNC(c3ccccc3)C2)CC1. The van der Waals surface area contributed by atoms with E-state index in [4.69, 9.17) is 0 Å². The van der Waals surface area contributed by atoms with Gasteiger partial charge in [-0.15, -0.1) is 0 Å². The van der Waals surface area contributed by atoms with Crippen molar-refractivity contribution in [2.75, 3.05) is 50.7 Å². The molecular weight excluding hydrogens is 366 g/mol. The van der Waals surface area contributed by atoms with E-state index >= 15 is 0 Å². The standard InChI is InChI=1S/C22H27N5O2/c1-17(28)25-12-14-26(15-13-25)22(29)19-8-5-9-24-21(19)27-11-10-23-20(16-27)18-6-3-2-4-7-18/h2-9,20,23H,10-16H2,1H3. The first-order valence-electron chi connectivity index (χ1n) is 10.2. The highest BCUT2D eigenvalue weighted by Crippen LogP contribution is 2.25. The summed E-state index contributed by atoms with van der Waals surface area (Å²) in [6, 6.07) is 14.2. The molecule has 1 atom stereocenters. The van der Waals surface area contributed by atoms with Gasteiger partial charge in [-0.2, -0.15) is 0 Å². The van der Waals surface area contributed by atoms with Crippen LogP contribution in [0.2, 0.25) is 0 Å². The molecule has 2 aromatic rings. The van der Waals surface area contributed by atoms with Crippen LogP contribution in [0.4, 0.5) is 5.82 Å². The Hall–Kier alpha value is -2.93. The Morgan fingerprint density at radius 2 is 1.69 bits per heavy atom. The smallest absolute Gasteiger partial charge is 0.257 e. The lowest BCUT2D eigenvalue weighted by Gasteiger charge is -2.37. The summed E-state index contributed by atoms with van der Waals surface area (Å²) >= 11 is 0. The normalized spacial score (nSPS) is 19.9. The summed E-state index contributed by atoms with van der Waals surface area (Å²) in [5.41, 5.74) is 1.87. The first-order chi connectivity index (χ1) is 14.1. The number of carbonyl (C=O) groups excluding carboxylic acids is 2. The van der Waals surface area contributed by atoms with Crippen molar-refractivity contribution in [3.8, 4) is 0 Å². The summed E-state index contributed by atoms with van der Waals surface area (Å²) in [4.78, 5) is 35.2. The molecule has 0 saturated carbocycles. The van der Waals surface area contributed by atoms with Crippen molar-refractivity contribution in [2.45, 2.75) is 13.0 Å². The van der Waals surface area contributed by atoms with E-state index < -0.39 is 0 Å². The second-order valence-electron chi connectivity index (χ2n) is 7.54. The highest BCUT2D eigenvalue weighted by atomic mass is 16.2. The van der Waals surface area contributed by atoms with E-state index in [2.05, 4.69) is 27.3 Å². The predicted molar refractivity (Wildman–Crippen MR) is 112 cm³/mol. The molecule has 0 radical (unpaired) electrons. The van der Waals surface area contributed by atoms with Gasteiger partial charge in [0.15, 0.2) is 0 Å². The first kappa shape index (κ1) is 19.4. The van der Waals surface area contributed by atoms with Gasteiger partial charge >= 0.3 is 0 Å². The average molecular weight is 393 g/mol. The fourth-order valence-corrected chi connectivity index (χ4v) is 4.06. The topological polar surface area (TPSA) is 68.8 Å². The number of rotatable bonds is 3. The zero-order valence-corrected chi connectivity index (χ0v) is 16.8. The molecule has 3 heterocycles. The van der Waals surface area contributed by atoms with E-state index in [1.165, 1.54) is 5.56 Å². The maximum absolute atomic E-state index is 13.2. The van der Waals surface area contributed by atoms with Crippen molar-refractivity contribution in [1.29, 1.82) is 0 Å². The first-order valence-corrected chi connectivity index (χ1v) is 10.2. The highest BCUT2D eigenvalue weighted by Gasteiger charge is 2.29. The molecule has 1 N–H and O–H groups in total. The third-order valence-electron chi connectivity index (χ3n) is 5.71. The molecule has 0 spiro atoms. The van der Waals surface area contributed by atoms with Crippen molar-refractivity contribution in [3.05, 3.63) is 59.8 Å². The van der Waals surface area contributed by atoms with Crippen molar-refractivity contribution in [1.82, 2.24) is 20.1 Å². The van der Waals surface area contributed by atoms with Gasteiger partial charge in [-0.1, -0.05) is 30.3 Å². The number of carbonyl (C=O) groups is 2. The molecule has 2 fully saturated rings. The van der Waals surface area contributed by atoms with Gasteiger partial charge in [0.2, 0.25) is 5.91 Å². The maximum atomic E-state index is 13.2. The molecule has 0 bridgehead atoms. The number of nitrogens with zero attached hydrogens (tertiary/aromatic N) is 4. The molecule has 2 saturated heterocycles. The summed E-state index contributed by atoms with van der Waals surface area (Å²) in [5.74, 6) is 0.798. The Morgan fingerprint density at radius 3 is 2.41 bits per heavy atom. The Bertz CT molecular complexity index is 865. The molecule has 7 nitrogen and oxygen atoms in total. The Morgan fingerprint density at radius 1 is 0.966 bits per heavy atom. The van der Waals surface area contributed by atoms with Crippen molar-refractivity contribution < 1.29 is 9.59 Å². The van der Waals surface area contributed by atoms with E-state index in [1.807, 2.05) is 35.2 Å². The number of anilines is 1. The zero-order chi connectivity index (χ0) is 20.2. The number of nitrogens with one attached hydrogen (secondary N) is 1. The fourth-order valence-electron chi connectivity index (χ4n) is 4.06. The van der Waals surface area contributed by atoms with Crippen LogP contribution in [0.25, 0.3) is 0 Å². The summed E-state index contributed by atoms with van der Waals surface area (Å²) in [7, 11) is 0. The maximum Gasteiger partial charge on any atom is 0.257 e. The molecule has 1 unspecified atom stereocenters. The van der Waals surface area contributed by atoms with Gasteiger partial charge in [-0.05, 0) is 17.7 Å². The second kappa shape index (κ2) is 8.61. The molecule has 2 aliphatic heterocycles. The van der Waals surface area contributed by atoms with Gasteiger partial charge in [0.25, 0.3) is 5.91 Å². The highest BCUT2D eigenvalue weighted by molar-refractivity contribution is 5.99. The Labute approximate surface area is 171 Å².